The standard InChI is InChI=1S/C12H21N5/c13-5-4-6-14-11-9-12(16-10-15-11)17-7-2-1-3-8-17/h9-10H,1-8,13H2,(H,14,15,16). The van der Waals surface area contributed by atoms with Crippen molar-refractivity contribution < 1.29 is 0 Å². The zero-order valence-corrected chi connectivity index (χ0v) is 10.2. The van der Waals surface area contributed by atoms with E-state index in [0.29, 0.717) is 6.54 Å². The predicted molar refractivity (Wildman–Crippen MR) is 70.3 cm³/mol. The molecule has 5 heteroatoms. The molecule has 1 aromatic rings. The monoisotopic (exact) mass is 235 g/mol. The second kappa shape index (κ2) is 6.39. The maximum atomic E-state index is 5.46. The summed E-state index contributed by atoms with van der Waals surface area (Å²) in [5.41, 5.74) is 5.46. The van der Waals surface area contributed by atoms with Crippen LogP contribution in [0.2, 0.25) is 0 Å². The normalized spacial score (nSPS) is 15.9. The van der Waals surface area contributed by atoms with Crippen LogP contribution in [0.15, 0.2) is 12.4 Å². The van der Waals surface area contributed by atoms with Crippen LogP contribution in [-0.4, -0.2) is 36.1 Å². The number of aromatic nitrogens is 2. The lowest BCUT2D eigenvalue weighted by atomic mass is 10.1. The van der Waals surface area contributed by atoms with Gasteiger partial charge >= 0.3 is 0 Å². The zero-order chi connectivity index (χ0) is 11.9. The van der Waals surface area contributed by atoms with Gasteiger partial charge in [-0.1, -0.05) is 0 Å². The van der Waals surface area contributed by atoms with Gasteiger partial charge < -0.3 is 16.0 Å². The van der Waals surface area contributed by atoms with Crippen LogP contribution in [-0.2, 0) is 0 Å². The highest BCUT2D eigenvalue weighted by molar-refractivity contribution is 5.48. The number of nitrogens with zero attached hydrogens (tertiary/aromatic N) is 3. The minimum absolute atomic E-state index is 0.705. The van der Waals surface area contributed by atoms with Crippen molar-refractivity contribution in [3.05, 3.63) is 12.4 Å². The highest BCUT2D eigenvalue weighted by Gasteiger charge is 2.12. The van der Waals surface area contributed by atoms with Crippen molar-refractivity contribution >= 4 is 11.6 Å². The van der Waals surface area contributed by atoms with Crippen molar-refractivity contribution in [3.63, 3.8) is 0 Å². The van der Waals surface area contributed by atoms with E-state index in [0.717, 1.165) is 37.7 Å². The Balaban J connectivity index is 1.95. The van der Waals surface area contributed by atoms with Crippen molar-refractivity contribution in [1.29, 1.82) is 0 Å². The molecule has 94 valence electrons. The Bertz CT molecular complexity index is 335. The van der Waals surface area contributed by atoms with E-state index in [-0.39, 0.29) is 0 Å². The molecule has 0 atom stereocenters. The first kappa shape index (κ1) is 12.1. The predicted octanol–water partition coefficient (Wildman–Crippen LogP) is 1.23. The highest BCUT2D eigenvalue weighted by Crippen LogP contribution is 2.18. The molecule has 17 heavy (non-hydrogen) atoms. The van der Waals surface area contributed by atoms with Gasteiger partial charge in [0.1, 0.15) is 18.0 Å². The van der Waals surface area contributed by atoms with Gasteiger partial charge in [-0.15, -0.1) is 0 Å². The first-order valence-electron chi connectivity index (χ1n) is 6.41. The molecule has 1 aromatic heterocycles. The van der Waals surface area contributed by atoms with Crippen LogP contribution in [0.25, 0.3) is 0 Å². The van der Waals surface area contributed by atoms with Gasteiger partial charge in [0.15, 0.2) is 0 Å². The molecule has 0 saturated carbocycles. The van der Waals surface area contributed by atoms with Crippen LogP contribution < -0.4 is 16.0 Å². The summed E-state index contributed by atoms with van der Waals surface area (Å²) >= 11 is 0. The maximum Gasteiger partial charge on any atom is 0.134 e. The highest BCUT2D eigenvalue weighted by atomic mass is 15.2. The third-order valence-electron chi connectivity index (χ3n) is 3.02. The molecule has 1 saturated heterocycles. The molecule has 0 radical (unpaired) electrons. The Morgan fingerprint density at radius 3 is 2.82 bits per heavy atom. The molecule has 0 aliphatic carbocycles. The molecule has 1 aliphatic rings. The summed E-state index contributed by atoms with van der Waals surface area (Å²) in [5.74, 6) is 1.93. The number of hydrogen-bond acceptors (Lipinski definition) is 5. The van der Waals surface area contributed by atoms with Crippen LogP contribution in [0, 0.1) is 0 Å². The van der Waals surface area contributed by atoms with Crippen LogP contribution in [0.4, 0.5) is 11.6 Å². The van der Waals surface area contributed by atoms with Gasteiger partial charge in [0.2, 0.25) is 0 Å². The van der Waals surface area contributed by atoms with Crippen molar-refractivity contribution in [2.24, 2.45) is 5.73 Å². The third kappa shape index (κ3) is 3.56. The third-order valence-corrected chi connectivity index (χ3v) is 3.02. The summed E-state index contributed by atoms with van der Waals surface area (Å²) in [6.07, 6.45) is 6.46. The number of nitrogens with one attached hydrogen (secondary N) is 1. The summed E-state index contributed by atoms with van der Waals surface area (Å²) in [5, 5.41) is 3.27. The number of rotatable bonds is 5. The summed E-state index contributed by atoms with van der Waals surface area (Å²) in [6, 6.07) is 2.03. The van der Waals surface area contributed by atoms with Gasteiger partial charge in [0.25, 0.3) is 0 Å². The summed E-state index contributed by atoms with van der Waals surface area (Å²) in [4.78, 5) is 10.9. The Morgan fingerprint density at radius 2 is 2.06 bits per heavy atom. The Hall–Kier alpha value is -1.36. The van der Waals surface area contributed by atoms with Gasteiger partial charge in [-0.25, -0.2) is 9.97 Å². The lowest BCUT2D eigenvalue weighted by Crippen LogP contribution is -2.30. The van der Waals surface area contributed by atoms with Crippen LogP contribution in [0.1, 0.15) is 25.7 Å². The SMILES string of the molecule is NCCCNc1cc(N2CCCCC2)ncn1. The lowest BCUT2D eigenvalue weighted by molar-refractivity contribution is 0.573. The zero-order valence-electron chi connectivity index (χ0n) is 10.2. The lowest BCUT2D eigenvalue weighted by Gasteiger charge is -2.27. The number of hydrogen-bond donors (Lipinski definition) is 2. The fourth-order valence-electron chi connectivity index (χ4n) is 2.06. The second-order valence-corrected chi connectivity index (χ2v) is 4.38. The minimum Gasteiger partial charge on any atom is -0.370 e. The number of anilines is 2. The van der Waals surface area contributed by atoms with E-state index in [1.165, 1.54) is 19.3 Å². The maximum absolute atomic E-state index is 5.46. The second-order valence-electron chi connectivity index (χ2n) is 4.38. The molecule has 0 unspecified atom stereocenters. The van der Waals surface area contributed by atoms with E-state index in [2.05, 4.69) is 20.2 Å². The van der Waals surface area contributed by atoms with Crippen molar-refractivity contribution in [1.82, 2.24) is 9.97 Å². The summed E-state index contributed by atoms with van der Waals surface area (Å²) < 4.78 is 0. The average Bonchev–Trinajstić information content (AvgIpc) is 2.41. The van der Waals surface area contributed by atoms with Gasteiger partial charge in [-0.3, -0.25) is 0 Å². The minimum atomic E-state index is 0.705. The Kier molecular flexibility index (Phi) is 4.55. The Morgan fingerprint density at radius 1 is 1.24 bits per heavy atom. The summed E-state index contributed by atoms with van der Waals surface area (Å²) in [7, 11) is 0. The molecule has 0 amide bonds. The van der Waals surface area contributed by atoms with Crippen molar-refractivity contribution in [3.8, 4) is 0 Å². The molecule has 1 aliphatic heterocycles. The quantitative estimate of drug-likeness (QED) is 0.751. The van der Waals surface area contributed by atoms with E-state index >= 15 is 0 Å². The van der Waals surface area contributed by atoms with Crippen LogP contribution >= 0.6 is 0 Å². The first-order valence-corrected chi connectivity index (χ1v) is 6.41. The molecule has 5 nitrogen and oxygen atoms in total. The fraction of sp³-hybridized carbons (Fsp3) is 0.667. The molecule has 0 spiro atoms. The van der Waals surface area contributed by atoms with Crippen molar-refractivity contribution in [2.45, 2.75) is 25.7 Å². The van der Waals surface area contributed by atoms with E-state index in [4.69, 9.17) is 5.73 Å². The number of nitrogens with two attached hydrogens (primary N) is 1. The van der Waals surface area contributed by atoms with Gasteiger partial charge in [-0.2, -0.15) is 0 Å². The molecular formula is C12H21N5. The van der Waals surface area contributed by atoms with Crippen molar-refractivity contribution in [2.75, 3.05) is 36.4 Å². The molecule has 1 fully saturated rings. The molecule has 2 heterocycles. The Labute approximate surface area is 102 Å². The fourth-order valence-corrected chi connectivity index (χ4v) is 2.06. The molecule has 2 rings (SSSR count). The number of piperidine rings is 1. The van der Waals surface area contributed by atoms with Gasteiger partial charge in [0.05, 0.1) is 0 Å². The molecule has 0 bridgehead atoms. The van der Waals surface area contributed by atoms with Crippen LogP contribution in [0.5, 0.6) is 0 Å². The van der Waals surface area contributed by atoms with E-state index in [1.807, 2.05) is 6.07 Å². The first-order chi connectivity index (χ1) is 8.40. The largest absolute Gasteiger partial charge is 0.370 e. The van der Waals surface area contributed by atoms with Gasteiger partial charge in [0, 0.05) is 25.7 Å². The molecular weight excluding hydrogens is 214 g/mol. The average molecular weight is 235 g/mol. The van der Waals surface area contributed by atoms with Crippen LogP contribution in [0.3, 0.4) is 0 Å². The molecule has 3 N–H and O–H groups in total. The van der Waals surface area contributed by atoms with E-state index in [1.54, 1.807) is 6.33 Å². The smallest absolute Gasteiger partial charge is 0.134 e. The summed E-state index contributed by atoms with van der Waals surface area (Å²) in [6.45, 7) is 3.79. The van der Waals surface area contributed by atoms with E-state index in [9.17, 15) is 0 Å². The topological polar surface area (TPSA) is 67.1 Å². The van der Waals surface area contributed by atoms with Gasteiger partial charge in [-0.05, 0) is 32.2 Å². The molecule has 0 aromatic carbocycles. The van der Waals surface area contributed by atoms with E-state index < -0.39 is 0 Å².